The van der Waals surface area contributed by atoms with E-state index >= 15 is 0 Å². The van der Waals surface area contributed by atoms with E-state index in [1.165, 1.54) is 0 Å². The monoisotopic (exact) mass is 616 g/mol. The SMILES string of the molecule is CCN(CCO)c1ccc([N+]#N)c(C)c1.CCN(CCO)c1ccc([N+]#N)c(C)c1.[Cl][Zn-2]([Cl])([Cl])[Cl]. The number of aryl methyl sites for hydroxylation is 2. The summed E-state index contributed by atoms with van der Waals surface area (Å²) in [4.78, 5) is 10.5. The predicted octanol–water partition coefficient (Wildman–Crippen LogP) is 7.35. The zero-order valence-electron chi connectivity index (χ0n) is 20.5. The van der Waals surface area contributed by atoms with E-state index in [0.29, 0.717) is 24.5 Å². The van der Waals surface area contributed by atoms with Crippen molar-refractivity contribution in [1.82, 2.24) is 0 Å². The minimum absolute atomic E-state index is 0.138. The third-order valence-corrected chi connectivity index (χ3v) is 4.81. The van der Waals surface area contributed by atoms with Gasteiger partial charge in [-0.15, -0.1) is 0 Å². The number of anilines is 2. The van der Waals surface area contributed by atoms with Crippen LogP contribution in [0.1, 0.15) is 25.0 Å². The van der Waals surface area contributed by atoms with Crippen LogP contribution < -0.4 is 9.80 Å². The van der Waals surface area contributed by atoms with Crippen LogP contribution in [0.5, 0.6) is 0 Å². The van der Waals surface area contributed by atoms with E-state index in [4.69, 9.17) is 59.8 Å². The van der Waals surface area contributed by atoms with Gasteiger partial charge in [0.05, 0.1) is 13.2 Å². The van der Waals surface area contributed by atoms with Crippen molar-refractivity contribution in [1.29, 1.82) is 10.8 Å². The van der Waals surface area contributed by atoms with Gasteiger partial charge in [-0.3, -0.25) is 0 Å². The Hall–Kier alpha value is -1.42. The molecule has 0 fully saturated rings. The molecule has 0 aliphatic rings. The first-order chi connectivity index (χ1) is 16.4. The van der Waals surface area contributed by atoms with Gasteiger partial charge < -0.3 is 20.0 Å². The Morgan fingerprint density at radius 1 is 0.743 bits per heavy atom. The third kappa shape index (κ3) is 14.0. The molecule has 192 valence electrons. The normalized spacial score (nSPS) is 10.1. The van der Waals surface area contributed by atoms with Crippen molar-refractivity contribution in [2.75, 3.05) is 49.2 Å². The zero-order chi connectivity index (χ0) is 27.0. The van der Waals surface area contributed by atoms with Gasteiger partial charge >= 0.3 is 61.0 Å². The molecule has 0 aliphatic carbocycles. The van der Waals surface area contributed by atoms with Crippen LogP contribution in [0.3, 0.4) is 0 Å². The molecule has 2 aromatic carbocycles. The van der Waals surface area contributed by atoms with Gasteiger partial charge in [-0.1, -0.05) is 0 Å². The second-order valence-electron chi connectivity index (χ2n) is 7.35. The van der Waals surface area contributed by atoms with Crippen LogP contribution in [0, 0.1) is 24.6 Å². The standard InChI is InChI=1S/2C11H16N3O.4ClH.Zn/c2*1-3-14(6-7-15)10-4-5-11(13-12)9(2)8-10;;;;;/h2*4-5,8,15H,3,6-7H2,1-2H3;4*1H;/q2*+1;;;;;+2/p-4. The van der Waals surface area contributed by atoms with Crippen LogP contribution in [-0.4, -0.2) is 49.6 Å². The van der Waals surface area contributed by atoms with Gasteiger partial charge in [-0.05, 0) is 52.0 Å². The molecule has 2 aromatic rings. The van der Waals surface area contributed by atoms with Crippen molar-refractivity contribution in [3.8, 4) is 0 Å². The summed E-state index contributed by atoms with van der Waals surface area (Å²) in [7, 11) is 16.8. The van der Waals surface area contributed by atoms with Gasteiger partial charge in [0.15, 0.2) is 9.95 Å². The average Bonchev–Trinajstić information content (AvgIpc) is 2.80. The molecule has 0 heterocycles. The molecule has 0 radical (unpaired) electrons. The molecule has 0 amide bonds. The summed E-state index contributed by atoms with van der Waals surface area (Å²) < 4.78 is 0. The number of halogens is 4. The molecule has 2 rings (SSSR count). The van der Waals surface area contributed by atoms with E-state index in [1.54, 1.807) is 12.1 Å². The molecular formula is C22H32Cl4N6O2Zn. The van der Waals surface area contributed by atoms with Crippen LogP contribution in [0.15, 0.2) is 36.4 Å². The van der Waals surface area contributed by atoms with Gasteiger partial charge in [-0.25, -0.2) is 0 Å². The first-order valence-corrected chi connectivity index (χ1v) is 26.7. The van der Waals surface area contributed by atoms with Crippen LogP contribution in [0.25, 0.3) is 9.95 Å². The Bertz CT molecular complexity index is 916. The number of diazo groups is 2. The number of rotatable bonds is 8. The number of likely N-dealkylation sites (N-methyl/N-ethyl adjacent to an activating group) is 2. The van der Waals surface area contributed by atoms with Gasteiger partial charge in [0.1, 0.15) is 0 Å². The second-order valence-corrected chi connectivity index (χ2v) is 35.1. The molecule has 0 saturated carbocycles. The van der Waals surface area contributed by atoms with Crippen molar-refractivity contribution >= 4 is 61.5 Å². The van der Waals surface area contributed by atoms with Gasteiger partial charge in [0.2, 0.25) is 10.8 Å². The molecule has 0 unspecified atom stereocenters. The van der Waals surface area contributed by atoms with Crippen LogP contribution >= 0.6 is 38.8 Å². The van der Waals surface area contributed by atoms with Gasteiger partial charge in [0.25, 0.3) is 0 Å². The van der Waals surface area contributed by atoms with Crippen molar-refractivity contribution < 1.29 is 21.0 Å². The Labute approximate surface area is 226 Å². The van der Waals surface area contributed by atoms with Crippen molar-refractivity contribution in [2.24, 2.45) is 0 Å². The Balaban J connectivity index is 0.000000555. The Morgan fingerprint density at radius 2 is 1.06 bits per heavy atom. The van der Waals surface area contributed by atoms with E-state index in [9.17, 15) is 0 Å². The summed E-state index contributed by atoms with van der Waals surface area (Å²) in [5, 5.41) is 35.2. The number of nitrogens with zero attached hydrogens (tertiary/aromatic N) is 6. The molecule has 0 spiro atoms. The second kappa shape index (κ2) is 17.9. The molecule has 2 N–H and O–H groups in total. The Kier molecular flexibility index (Phi) is 17.2. The maximum atomic E-state index is 8.90. The summed E-state index contributed by atoms with van der Waals surface area (Å²) in [5.74, 6) is 0. The number of aliphatic hydroxyl groups is 2. The van der Waals surface area contributed by atoms with Crippen LogP contribution in [-0.2, 0) is 10.8 Å². The molecular weight excluding hydrogens is 587 g/mol. The predicted molar refractivity (Wildman–Crippen MR) is 145 cm³/mol. The quantitative estimate of drug-likeness (QED) is 0.237. The Morgan fingerprint density at radius 3 is 1.26 bits per heavy atom. The summed E-state index contributed by atoms with van der Waals surface area (Å²) in [6.45, 7) is 11.1. The minimum atomic E-state index is -3.36. The van der Waals surface area contributed by atoms with E-state index in [0.717, 1.165) is 35.6 Å². The van der Waals surface area contributed by atoms with Crippen molar-refractivity contribution in [3.05, 3.63) is 57.5 Å². The van der Waals surface area contributed by atoms with Gasteiger partial charge in [0, 0.05) is 60.8 Å². The van der Waals surface area contributed by atoms with Crippen molar-refractivity contribution in [3.63, 3.8) is 0 Å². The fourth-order valence-corrected chi connectivity index (χ4v) is 3.08. The van der Waals surface area contributed by atoms with Gasteiger partial charge in [-0.2, -0.15) is 0 Å². The number of hydrogen-bond acceptors (Lipinski definition) is 6. The molecule has 35 heavy (non-hydrogen) atoms. The van der Waals surface area contributed by atoms with E-state index in [2.05, 4.69) is 19.8 Å². The summed E-state index contributed by atoms with van der Waals surface area (Å²) >= 11 is 0. The number of aliphatic hydroxyl groups excluding tert-OH is 2. The van der Waals surface area contributed by atoms with Crippen LogP contribution in [0.4, 0.5) is 22.7 Å². The molecule has 0 saturated heterocycles. The molecule has 0 aliphatic heterocycles. The summed E-state index contributed by atoms with van der Waals surface area (Å²) in [6, 6.07) is 11.2. The number of hydrogen-bond donors (Lipinski definition) is 2. The third-order valence-electron chi connectivity index (χ3n) is 4.81. The molecule has 8 nitrogen and oxygen atoms in total. The van der Waals surface area contributed by atoms with E-state index in [1.807, 2.05) is 52.0 Å². The first-order valence-electron chi connectivity index (χ1n) is 11.2. The topological polar surface area (TPSA) is 103 Å². The molecule has 0 bridgehead atoms. The molecule has 0 atom stereocenters. The number of benzene rings is 2. The zero-order valence-corrected chi connectivity index (χ0v) is 26.5. The van der Waals surface area contributed by atoms with E-state index < -0.39 is 10.8 Å². The van der Waals surface area contributed by atoms with Crippen LogP contribution in [0.2, 0.25) is 0 Å². The summed E-state index contributed by atoms with van der Waals surface area (Å²) in [6.07, 6.45) is 0. The fraction of sp³-hybridized carbons (Fsp3) is 0.455. The maximum absolute atomic E-state index is 8.90. The van der Waals surface area contributed by atoms with Crippen molar-refractivity contribution in [2.45, 2.75) is 27.7 Å². The summed E-state index contributed by atoms with van der Waals surface area (Å²) in [5.41, 5.74) is 5.09. The first kappa shape index (κ1) is 33.6. The molecule has 0 aromatic heterocycles. The molecule has 13 heteroatoms. The fourth-order valence-electron chi connectivity index (χ4n) is 3.08. The van der Waals surface area contributed by atoms with E-state index in [-0.39, 0.29) is 13.2 Å². The average molecular weight is 620 g/mol.